The number of hydrogen-bond donors (Lipinski definition) is 1. The predicted octanol–water partition coefficient (Wildman–Crippen LogP) is -0.392. The lowest BCUT2D eigenvalue weighted by Gasteiger charge is -2.41. The highest BCUT2D eigenvalue weighted by Gasteiger charge is 2.41. The van der Waals surface area contributed by atoms with Gasteiger partial charge in [0, 0.05) is 39.5 Å². The molecule has 0 aromatic rings. The Hall–Kier alpha value is -1.63. The number of nitrogens with zero attached hydrogens (tertiary/aromatic N) is 2. The Kier molecular flexibility index (Phi) is 5.05. The minimum atomic E-state index is -0.983. The number of likely N-dealkylation sites (tertiary alicyclic amines) is 1. The summed E-state index contributed by atoms with van der Waals surface area (Å²) in [5.74, 6) is -0.148. The maximum Gasteiger partial charge on any atom is 0.253 e. The number of rotatable bonds is 2. The standard InChI is InChI=1S/C15H25N3O4/c1-11(19)17-6-4-12(5-7-17)13(20)18-8-9-22-15(2,10-18)14(21)16-3/h12H,4-10H2,1-3H3,(H,16,21)/t15-/m0/s1. The average molecular weight is 311 g/mol. The van der Waals surface area contributed by atoms with Gasteiger partial charge in [-0.1, -0.05) is 0 Å². The van der Waals surface area contributed by atoms with Gasteiger partial charge in [-0.2, -0.15) is 0 Å². The Balaban J connectivity index is 1.95. The van der Waals surface area contributed by atoms with E-state index in [2.05, 4.69) is 5.32 Å². The van der Waals surface area contributed by atoms with Crippen LogP contribution in [0.5, 0.6) is 0 Å². The summed E-state index contributed by atoms with van der Waals surface area (Å²) in [6, 6.07) is 0. The van der Waals surface area contributed by atoms with Crippen LogP contribution in [0.25, 0.3) is 0 Å². The SMILES string of the molecule is CNC(=O)[C@]1(C)CN(C(=O)C2CCN(C(C)=O)CC2)CCO1. The molecule has 0 aliphatic carbocycles. The number of hydrogen-bond acceptors (Lipinski definition) is 4. The molecule has 0 aromatic carbocycles. The molecule has 2 saturated heterocycles. The van der Waals surface area contributed by atoms with E-state index in [-0.39, 0.29) is 30.2 Å². The summed E-state index contributed by atoms with van der Waals surface area (Å²) < 4.78 is 5.58. The molecule has 7 nitrogen and oxygen atoms in total. The summed E-state index contributed by atoms with van der Waals surface area (Å²) in [4.78, 5) is 39.4. The quantitative estimate of drug-likeness (QED) is 0.753. The third-order valence-corrected chi connectivity index (χ3v) is 4.58. The largest absolute Gasteiger partial charge is 0.362 e. The summed E-state index contributed by atoms with van der Waals surface area (Å²) in [5.41, 5.74) is -0.983. The van der Waals surface area contributed by atoms with Crippen LogP contribution >= 0.6 is 0 Å². The lowest BCUT2D eigenvalue weighted by atomic mass is 9.93. The van der Waals surface area contributed by atoms with Crippen LogP contribution in [0.4, 0.5) is 0 Å². The molecular formula is C15H25N3O4. The molecule has 7 heteroatoms. The number of ether oxygens (including phenoxy) is 1. The Labute approximate surface area is 131 Å². The summed E-state index contributed by atoms with van der Waals surface area (Å²) >= 11 is 0. The minimum Gasteiger partial charge on any atom is -0.362 e. The predicted molar refractivity (Wildman–Crippen MR) is 80.0 cm³/mol. The van der Waals surface area contributed by atoms with Crippen LogP contribution in [0.15, 0.2) is 0 Å². The Bertz CT molecular complexity index is 460. The molecule has 2 aliphatic heterocycles. The molecule has 1 N–H and O–H groups in total. The van der Waals surface area contributed by atoms with Crippen LogP contribution in [-0.2, 0) is 19.1 Å². The maximum atomic E-state index is 12.7. The fraction of sp³-hybridized carbons (Fsp3) is 0.800. The first-order chi connectivity index (χ1) is 10.4. The molecule has 2 fully saturated rings. The monoisotopic (exact) mass is 311 g/mol. The Morgan fingerprint density at radius 3 is 2.32 bits per heavy atom. The van der Waals surface area contributed by atoms with Gasteiger partial charge in [0.15, 0.2) is 5.60 Å². The van der Waals surface area contributed by atoms with E-state index in [1.165, 1.54) is 0 Å². The third kappa shape index (κ3) is 3.40. The summed E-state index contributed by atoms with van der Waals surface area (Å²) in [6.45, 7) is 5.67. The van der Waals surface area contributed by atoms with Crippen molar-refractivity contribution in [1.29, 1.82) is 0 Å². The normalized spacial score (nSPS) is 26.7. The summed E-state index contributed by atoms with van der Waals surface area (Å²) in [6.07, 6.45) is 1.37. The molecule has 1 atom stereocenters. The number of likely N-dealkylation sites (N-methyl/N-ethyl adjacent to an activating group) is 1. The molecule has 22 heavy (non-hydrogen) atoms. The minimum absolute atomic E-state index is 0.0597. The highest BCUT2D eigenvalue weighted by Crippen LogP contribution is 2.24. The second-order valence-electron chi connectivity index (χ2n) is 6.20. The fourth-order valence-electron chi connectivity index (χ4n) is 3.16. The van der Waals surface area contributed by atoms with Crippen molar-refractivity contribution < 1.29 is 19.1 Å². The number of amides is 3. The highest BCUT2D eigenvalue weighted by atomic mass is 16.5. The van der Waals surface area contributed by atoms with Crippen LogP contribution < -0.4 is 5.32 Å². The first-order valence-electron chi connectivity index (χ1n) is 7.78. The van der Waals surface area contributed by atoms with Crippen molar-refractivity contribution in [3.05, 3.63) is 0 Å². The maximum absolute atomic E-state index is 12.7. The van der Waals surface area contributed by atoms with E-state index < -0.39 is 5.60 Å². The highest BCUT2D eigenvalue weighted by molar-refractivity contribution is 5.86. The smallest absolute Gasteiger partial charge is 0.253 e. The fourth-order valence-corrected chi connectivity index (χ4v) is 3.16. The van der Waals surface area contributed by atoms with Gasteiger partial charge >= 0.3 is 0 Å². The zero-order chi connectivity index (χ0) is 16.3. The van der Waals surface area contributed by atoms with Crippen LogP contribution in [-0.4, -0.2) is 73.0 Å². The average Bonchev–Trinajstić information content (AvgIpc) is 2.53. The van der Waals surface area contributed by atoms with E-state index in [1.807, 2.05) is 0 Å². The van der Waals surface area contributed by atoms with Gasteiger partial charge in [-0.15, -0.1) is 0 Å². The zero-order valence-electron chi connectivity index (χ0n) is 13.6. The van der Waals surface area contributed by atoms with E-state index in [0.717, 1.165) is 0 Å². The van der Waals surface area contributed by atoms with Gasteiger partial charge in [-0.25, -0.2) is 0 Å². The topological polar surface area (TPSA) is 79.0 Å². The Morgan fingerprint density at radius 1 is 1.14 bits per heavy atom. The van der Waals surface area contributed by atoms with E-state index in [9.17, 15) is 14.4 Å². The van der Waals surface area contributed by atoms with Crippen molar-refractivity contribution in [1.82, 2.24) is 15.1 Å². The van der Waals surface area contributed by atoms with Crippen LogP contribution in [0.2, 0.25) is 0 Å². The lowest BCUT2D eigenvalue weighted by molar-refractivity contribution is -0.165. The van der Waals surface area contributed by atoms with E-state index >= 15 is 0 Å². The van der Waals surface area contributed by atoms with E-state index in [1.54, 1.807) is 30.7 Å². The van der Waals surface area contributed by atoms with Crippen molar-refractivity contribution >= 4 is 17.7 Å². The van der Waals surface area contributed by atoms with Gasteiger partial charge in [0.25, 0.3) is 5.91 Å². The molecule has 0 saturated carbocycles. The number of morpholine rings is 1. The van der Waals surface area contributed by atoms with Crippen molar-refractivity contribution in [3.63, 3.8) is 0 Å². The number of nitrogens with one attached hydrogen (secondary N) is 1. The first-order valence-corrected chi connectivity index (χ1v) is 7.78. The molecule has 0 bridgehead atoms. The molecule has 3 amide bonds. The van der Waals surface area contributed by atoms with Gasteiger partial charge in [-0.05, 0) is 19.8 Å². The number of carbonyl (C=O) groups is 3. The van der Waals surface area contributed by atoms with Crippen molar-refractivity contribution in [2.24, 2.45) is 5.92 Å². The molecule has 0 unspecified atom stereocenters. The lowest BCUT2D eigenvalue weighted by Crippen LogP contribution is -2.60. The second kappa shape index (κ2) is 6.64. The molecule has 0 spiro atoms. The van der Waals surface area contributed by atoms with Crippen molar-refractivity contribution in [2.75, 3.05) is 39.8 Å². The van der Waals surface area contributed by atoms with Crippen LogP contribution in [0.3, 0.4) is 0 Å². The van der Waals surface area contributed by atoms with Gasteiger partial charge < -0.3 is 19.9 Å². The van der Waals surface area contributed by atoms with Crippen molar-refractivity contribution in [2.45, 2.75) is 32.3 Å². The van der Waals surface area contributed by atoms with E-state index in [0.29, 0.717) is 39.1 Å². The molecule has 2 aliphatic rings. The molecule has 0 radical (unpaired) electrons. The van der Waals surface area contributed by atoms with Crippen LogP contribution in [0, 0.1) is 5.92 Å². The molecule has 2 rings (SSSR count). The van der Waals surface area contributed by atoms with Gasteiger partial charge in [-0.3, -0.25) is 14.4 Å². The van der Waals surface area contributed by atoms with Crippen LogP contribution in [0.1, 0.15) is 26.7 Å². The van der Waals surface area contributed by atoms with Gasteiger partial charge in [0.2, 0.25) is 11.8 Å². The van der Waals surface area contributed by atoms with Gasteiger partial charge in [0.05, 0.1) is 13.2 Å². The molecule has 124 valence electrons. The van der Waals surface area contributed by atoms with Gasteiger partial charge in [0.1, 0.15) is 0 Å². The summed E-state index contributed by atoms with van der Waals surface area (Å²) in [7, 11) is 1.56. The first kappa shape index (κ1) is 16.7. The second-order valence-corrected chi connectivity index (χ2v) is 6.20. The zero-order valence-corrected chi connectivity index (χ0v) is 13.6. The summed E-state index contributed by atoms with van der Waals surface area (Å²) in [5, 5.41) is 2.59. The van der Waals surface area contributed by atoms with E-state index in [4.69, 9.17) is 4.74 Å². The molecule has 2 heterocycles. The van der Waals surface area contributed by atoms with Crippen molar-refractivity contribution in [3.8, 4) is 0 Å². The third-order valence-electron chi connectivity index (χ3n) is 4.58. The number of piperidine rings is 1. The number of carbonyl (C=O) groups excluding carboxylic acids is 3. The Morgan fingerprint density at radius 2 is 1.77 bits per heavy atom. The molecule has 0 aromatic heterocycles. The molecular weight excluding hydrogens is 286 g/mol.